The van der Waals surface area contributed by atoms with Crippen LogP contribution in [0.25, 0.3) is 0 Å². The third kappa shape index (κ3) is 3.46. The molecule has 1 fully saturated rings. The van der Waals surface area contributed by atoms with Gasteiger partial charge in [-0.25, -0.2) is 13.1 Å². The third-order valence-corrected chi connectivity index (χ3v) is 5.99. The highest BCUT2D eigenvalue weighted by atomic mass is 32.2. The molecular formula is C14H26N4O2S. The Labute approximate surface area is 127 Å². The van der Waals surface area contributed by atoms with E-state index in [9.17, 15) is 8.42 Å². The van der Waals surface area contributed by atoms with Crippen LogP contribution in [0.15, 0.2) is 4.90 Å². The van der Waals surface area contributed by atoms with Gasteiger partial charge in [-0.3, -0.25) is 4.68 Å². The van der Waals surface area contributed by atoms with Gasteiger partial charge in [0.05, 0.1) is 17.9 Å². The fourth-order valence-electron chi connectivity index (χ4n) is 3.22. The Kier molecular flexibility index (Phi) is 4.46. The van der Waals surface area contributed by atoms with E-state index in [4.69, 9.17) is 5.73 Å². The molecule has 0 spiro atoms. The van der Waals surface area contributed by atoms with Crippen LogP contribution in [-0.2, 0) is 16.6 Å². The van der Waals surface area contributed by atoms with E-state index >= 15 is 0 Å². The molecule has 0 amide bonds. The largest absolute Gasteiger partial charge is 0.329 e. The Hall–Kier alpha value is -0.920. The van der Waals surface area contributed by atoms with E-state index in [2.05, 4.69) is 23.7 Å². The zero-order valence-electron chi connectivity index (χ0n) is 13.3. The number of aromatic nitrogens is 2. The topological polar surface area (TPSA) is 90.0 Å². The molecule has 0 radical (unpaired) electrons. The van der Waals surface area contributed by atoms with Crippen LogP contribution in [0.2, 0.25) is 0 Å². The standard InChI is InChI=1S/C14H26N4O2S/c1-10-13(11(2)18(16-10)8-7-15)21(19,20)17-12-5-6-14(3,4)9-12/h12,17H,5-9,15H2,1-4H3. The number of sulfonamides is 1. The molecule has 1 aromatic heterocycles. The average molecular weight is 314 g/mol. The third-order valence-electron chi connectivity index (χ3n) is 4.22. The van der Waals surface area contributed by atoms with E-state index in [1.54, 1.807) is 18.5 Å². The van der Waals surface area contributed by atoms with E-state index in [0.29, 0.717) is 29.4 Å². The molecule has 1 atom stereocenters. The highest BCUT2D eigenvalue weighted by Crippen LogP contribution is 2.37. The minimum absolute atomic E-state index is 0.0154. The van der Waals surface area contributed by atoms with Crippen molar-refractivity contribution in [2.75, 3.05) is 6.54 Å². The Morgan fingerprint density at radius 1 is 1.43 bits per heavy atom. The lowest BCUT2D eigenvalue weighted by Crippen LogP contribution is -2.34. The lowest BCUT2D eigenvalue weighted by Gasteiger charge is -2.18. The number of nitrogens with one attached hydrogen (secondary N) is 1. The first-order valence-electron chi connectivity index (χ1n) is 7.43. The summed E-state index contributed by atoms with van der Waals surface area (Å²) in [5, 5.41) is 4.29. The summed E-state index contributed by atoms with van der Waals surface area (Å²) in [5.41, 5.74) is 6.93. The Morgan fingerprint density at radius 3 is 2.62 bits per heavy atom. The first-order chi connectivity index (χ1) is 9.66. The maximum absolute atomic E-state index is 12.7. The Balaban J connectivity index is 2.24. The molecule has 1 aromatic rings. The molecule has 21 heavy (non-hydrogen) atoms. The van der Waals surface area contributed by atoms with Crippen LogP contribution in [0.5, 0.6) is 0 Å². The van der Waals surface area contributed by atoms with Gasteiger partial charge in [0, 0.05) is 12.6 Å². The number of hydrogen-bond acceptors (Lipinski definition) is 4. The van der Waals surface area contributed by atoms with E-state index < -0.39 is 10.0 Å². The minimum atomic E-state index is -3.53. The lowest BCUT2D eigenvalue weighted by molar-refractivity contribution is 0.372. The lowest BCUT2D eigenvalue weighted by atomic mass is 9.92. The summed E-state index contributed by atoms with van der Waals surface area (Å²) in [6.07, 6.45) is 2.81. The molecule has 6 nitrogen and oxygen atoms in total. The molecular weight excluding hydrogens is 288 g/mol. The molecule has 3 N–H and O–H groups in total. The zero-order valence-corrected chi connectivity index (χ0v) is 14.1. The molecule has 1 heterocycles. The zero-order chi connectivity index (χ0) is 15.8. The summed E-state index contributed by atoms with van der Waals surface area (Å²) >= 11 is 0. The predicted octanol–water partition coefficient (Wildman–Crippen LogP) is 1.32. The van der Waals surface area contributed by atoms with Gasteiger partial charge in [-0.2, -0.15) is 5.10 Å². The van der Waals surface area contributed by atoms with Crippen LogP contribution < -0.4 is 10.5 Å². The van der Waals surface area contributed by atoms with Gasteiger partial charge in [0.1, 0.15) is 4.90 Å². The van der Waals surface area contributed by atoms with E-state index in [1.807, 2.05) is 0 Å². The predicted molar refractivity (Wildman–Crippen MR) is 82.5 cm³/mol. The van der Waals surface area contributed by atoms with Crippen molar-refractivity contribution in [1.29, 1.82) is 0 Å². The number of hydrogen-bond donors (Lipinski definition) is 2. The SMILES string of the molecule is Cc1nn(CCN)c(C)c1S(=O)(=O)NC1CCC(C)(C)C1. The molecule has 0 aliphatic heterocycles. The van der Waals surface area contributed by atoms with Crippen LogP contribution in [-0.4, -0.2) is 30.8 Å². The highest BCUT2D eigenvalue weighted by molar-refractivity contribution is 7.89. The molecule has 0 saturated heterocycles. The van der Waals surface area contributed by atoms with Crippen LogP contribution in [0, 0.1) is 19.3 Å². The second-order valence-corrected chi connectivity index (χ2v) is 8.39. The monoisotopic (exact) mass is 314 g/mol. The maximum atomic E-state index is 12.7. The number of rotatable bonds is 5. The summed E-state index contributed by atoms with van der Waals surface area (Å²) < 4.78 is 29.8. The fourth-order valence-corrected chi connectivity index (χ4v) is 4.91. The molecule has 1 aliphatic carbocycles. The quantitative estimate of drug-likeness (QED) is 0.857. The van der Waals surface area contributed by atoms with Crippen molar-refractivity contribution in [3.8, 4) is 0 Å². The fraction of sp³-hybridized carbons (Fsp3) is 0.786. The van der Waals surface area contributed by atoms with E-state index in [0.717, 1.165) is 19.3 Å². The van der Waals surface area contributed by atoms with Gasteiger partial charge in [0.15, 0.2) is 0 Å². The van der Waals surface area contributed by atoms with Gasteiger partial charge in [-0.05, 0) is 38.5 Å². The van der Waals surface area contributed by atoms with E-state index in [-0.39, 0.29) is 11.5 Å². The molecule has 0 bridgehead atoms. The second-order valence-electron chi connectivity index (χ2n) is 6.74. The van der Waals surface area contributed by atoms with Gasteiger partial charge in [0.25, 0.3) is 0 Å². The van der Waals surface area contributed by atoms with Gasteiger partial charge < -0.3 is 5.73 Å². The normalized spacial score (nSPS) is 21.9. The van der Waals surface area contributed by atoms with Gasteiger partial charge >= 0.3 is 0 Å². The highest BCUT2D eigenvalue weighted by Gasteiger charge is 2.35. The van der Waals surface area contributed by atoms with Crippen molar-refractivity contribution in [3.05, 3.63) is 11.4 Å². The molecule has 7 heteroatoms. The number of nitrogens with two attached hydrogens (primary N) is 1. The van der Waals surface area contributed by atoms with Crippen molar-refractivity contribution in [3.63, 3.8) is 0 Å². The van der Waals surface area contributed by atoms with E-state index in [1.165, 1.54) is 0 Å². The first kappa shape index (κ1) is 16.5. The Bertz CT molecular complexity index is 619. The van der Waals surface area contributed by atoms with Crippen molar-refractivity contribution in [2.24, 2.45) is 11.1 Å². The molecule has 120 valence electrons. The van der Waals surface area contributed by atoms with Crippen LogP contribution in [0.1, 0.15) is 44.5 Å². The average Bonchev–Trinajstić information content (AvgIpc) is 2.80. The van der Waals surface area contributed by atoms with Gasteiger partial charge in [-0.1, -0.05) is 13.8 Å². The second kappa shape index (κ2) is 5.70. The smallest absolute Gasteiger partial charge is 0.244 e. The Morgan fingerprint density at radius 2 is 2.10 bits per heavy atom. The van der Waals surface area contributed by atoms with Crippen molar-refractivity contribution in [1.82, 2.24) is 14.5 Å². The molecule has 1 aliphatic rings. The summed E-state index contributed by atoms with van der Waals surface area (Å²) in [6.45, 7) is 8.83. The minimum Gasteiger partial charge on any atom is -0.329 e. The van der Waals surface area contributed by atoms with Crippen molar-refractivity contribution in [2.45, 2.75) is 64.4 Å². The number of aryl methyl sites for hydroxylation is 1. The van der Waals surface area contributed by atoms with Crippen molar-refractivity contribution >= 4 is 10.0 Å². The van der Waals surface area contributed by atoms with Crippen LogP contribution >= 0.6 is 0 Å². The number of nitrogens with zero attached hydrogens (tertiary/aromatic N) is 2. The molecule has 2 rings (SSSR count). The summed E-state index contributed by atoms with van der Waals surface area (Å²) in [7, 11) is -3.53. The summed E-state index contributed by atoms with van der Waals surface area (Å²) in [5.74, 6) is 0. The molecule has 0 aromatic carbocycles. The molecule has 1 unspecified atom stereocenters. The van der Waals surface area contributed by atoms with Crippen LogP contribution in [0.4, 0.5) is 0 Å². The summed E-state index contributed by atoms with van der Waals surface area (Å²) in [6, 6.07) is 0.0154. The first-order valence-corrected chi connectivity index (χ1v) is 8.91. The van der Waals surface area contributed by atoms with Crippen molar-refractivity contribution < 1.29 is 8.42 Å². The van der Waals surface area contributed by atoms with Crippen LogP contribution in [0.3, 0.4) is 0 Å². The van der Waals surface area contributed by atoms with Gasteiger partial charge in [-0.15, -0.1) is 0 Å². The molecule has 1 saturated carbocycles. The van der Waals surface area contributed by atoms with Gasteiger partial charge in [0.2, 0.25) is 10.0 Å². The maximum Gasteiger partial charge on any atom is 0.244 e. The summed E-state index contributed by atoms with van der Waals surface area (Å²) in [4.78, 5) is 0.306.